The van der Waals surface area contributed by atoms with Crippen LogP contribution in [-0.2, 0) is 19.6 Å². The van der Waals surface area contributed by atoms with Crippen LogP contribution in [0, 0.1) is 0 Å². The van der Waals surface area contributed by atoms with Crippen molar-refractivity contribution in [2.24, 2.45) is 0 Å². The topological polar surface area (TPSA) is 99.8 Å². The maximum atomic E-state index is 12.9. The molecular formula is C24H34N4O4S. The van der Waals surface area contributed by atoms with E-state index in [1.807, 2.05) is 25.1 Å². The molecule has 0 unspecified atom stereocenters. The van der Waals surface area contributed by atoms with Crippen LogP contribution in [-0.4, -0.2) is 64.2 Å². The van der Waals surface area contributed by atoms with Crippen LogP contribution in [0.15, 0.2) is 59.5 Å². The summed E-state index contributed by atoms with van der Waals surface area (Å²) in [6.45, 7) is 9.31. The van der Waals surface area contributed by atoms with Crippen molar-refractivity contribution in [1.82, 2.24) is 14.9 Å². The average molecular weight is 475 g/mol. The first kappa shape index (κ1) is 25.3. The minimum Gasteiger partial charge on any atom is -0.379 e. The molecule has 1 fully saturated rings. The fourth-order valence-corrected chi connectivity index (χ4v) is 4.96. The van der Waals surface area contributed by atoms with Gasteiger partial charge in [0.1, 0.15) is 0 Å². The fraction of sp³-hybridized carbons (Fsp3) is 0.458. The summed E-state index contributed by atoms with van der Waals surface area (Å²) in [5, 5.41) is 6.33. The number of rotatable bonds is 10. The standard InChI is InChI=1S/C24H34N4O4S/c1-18(2)27-33(30,31)22-11-9-21(10-12-22)26-24(29)19(3)25-23(20-7-5-4-6-8-20)17-28-13-15-32-16-14-28/h4-12,18-19,23,25,27H,13-17H2,1-3H3,(H,26,29)/t19-,23+/m1/s1. The predicted molar refractivity (Wildman–Crippen MR) is 130 cm³/mol. The number of carbonyl (C=O) groups is 1. The van der Waals surface area contributed by atoms with Gasteiger partial charge >= 0.3 is 0 Å². The highest BCUT2D eigenvalue weighted by atomic mass is 32.2. The van der Waals surface area contributed by atoms with Crippen molar-refractivity contribution in [2.45, 2.75) is 43.8 Å². The molecule has 8 nitrogen and oxygen atoms in total. The van der Waals surface area contributed by atoms with Crippen LogP contribution in [0.5, 0.6) is 0 Å². The van der Waals surface area contributed by atoms with Crippen LogP contribution in [0.4, 0.5) is 5.69 Å². The Labute approximate surface area is 196 Å². The minimum absolute atomic E-state index is 0.0142. The molecule has 1 aliphatic rings. The molecule has 3 N–H and O–H groups in total. The maximum absolute atomic E-state index is 12.9. The number of nitrogens with zero attached hydrogens (tertiary/aromatic N) is 1. The molecule has 33 heavy (non-hydrogen) atoms. The Balaban J connectivity index is 1.63. The molecule has 0 aromatic heterocycles. The van der Waals surface area contributed by atoms with Crippen LogP contribution >= 0.6 is 0 Å². The zero-order valence-electron chi connectivity index (χ0n) is 19.5. The van der Waals surface area contributed by atoms with E-state index in [1.165, 1.54) is 12.1 Å². The number of amides is 1. The number of nitrogens with one attached hydrogen (secondary N) is 3. The van der Waals surface area contributed by atoms with Crippen molar-refractivity contribution < 1.29 is 17.9 Å². The highest BCUT2D eigenvalue weighted by Crippen LogP contribution is 2.18. The number of sulfonamides is 1. The van der Waals surface area contributed by atoms with E-state index in [1.54, 1.807) is 26.0 Å². The van der Waals surface area contributed by atoms with Crippen molar-refractivity contribution in [1.29, 1.82) is 0 Å². The molecule has 9 heteroatoms. The molecule has 0 bridgehead atoms. The Morgan fingerprint density at radius 3 is 2.24 bits per heavy atom. The lowest BCUT2D eigenvalue weighted by Gasteiger charge is -2.32. The Morgan fingerprint density at radius 2 is 1.64 bits per heavy atom. The Hall–Kier alpha value is -2.30. The molecule has 0 radical (unpaired) electrons. The Morgan fingerprint density at radius 1 is 1.00 bits per heavy atom. The van der Waals surface area contributed by atoms with Crippen molar-refractivity contribution in [3.8, 4) is 0 Å². The third kappa shape index (κ3) is 7.62. The molecule has 1 aliphatic heterocycles. The van der Waals surface area contributed by atoms with Gasteiger partial charge in [0.25, 0.3) is 0 Å². The van der Waals surface area contributed by atoms with Gasteiger partial charge in [0.05, 0.1) is 24.2 Å². The lowest BCUT2D eigenvalue weighted by Crippen LogP contribution is -2.46. The number of morpholine rings is 1. The summed E-state index contributed by atoms with van der Waals surface area (Å²) in [6.07, 6.45) is 0. The van der Waals surface area contributed by atoms with Gasteiger partial charge in [0, 0.05) is 37.4 Å². The van der Waals surface area contributed by atoms with Crippen LogP contribution in [0.25, 0.3) is 0 Å². The lowest BCUT2D eigenvalue weighted by atomic mass is 10.0. The zero-order valence-corrected chi connectivity index (χ0v) is 20.3. The first-order valence-corrected chi connectivity index (χ1v) is 12.8. The fourth-order valence-electron chi connectivity index (χ4n) is 3.71. The van der Waals surface area contributed by atoms with Crippen molar-refractivity contribution in [3.63, 3.8) is 0 Å². The molecular weight excluding hydrogens is 440 g/mol. The summed E-state index contributed by atoms with van der Waals surface area (Å²) < 4.78 is 32.6. The first-order valence-electron chi connectivity index (χ1n) is 11.3. The van der Waals surface area contributed by atoms with E-state index in [9.17, 15) is 13.2 Å². The summed E-state index contributed by atoms with van der Waals surface area (Å²) in [5.41, 5.74) is 1.66. The van der Waals surface area contributed by atoms with Gasteiger partial charge in [-0.15, -0.1) is 0 Å². The van der Waals surface area contributed by atoms with Gasteiger partial charge in [-0.1, -0.05) is 30.3 Å². The average Bonchev–Trinajstić information content (AvgIpc) is 2.79. The van der Waals surface area contributed by atoms with Gasteiger partial charge in [-0.3, -0.25) is 15.0 Å². The lowest BCUT2D eigenvalue weighted by molar-refractivity contribution is -0.118. The van der Waals surface area contributed by atoms with Crippen molar-refractivity contribution in [2.75, 3.05) is 38.2 Å². The van der Waals surface area contributed by atoms with Gasteiger partial charge < -0.3 is 10.1 Å². The summed E-state index contributed by atoms with van der Waals surface area (Å²) in [7, 11) is -3.57. The van der Waals surface area contributed by atoms with Gasteiger partial charge in [0.2, 0.25) is 15.9 Å². The molecule has 0 saturated carbocycles. The third-order valence-corrected chi connectivity index (χ3v) is 7.09. The van der Waals surface area contributed by atoms with E-state index in [2.05, 4.69) is 32.4 Å². The molecule has 180 valence electrons. The van der Waals surface area contributed by atoms with Gasteiger partial charge in [0.15, 0.2) is 0 Å². The molecule has 3 rings (SSSR count). The second kappa shape index (κ2) is 11.7. The van der Waals surface area contributed by atoms with E-state index < -0.39 is 16.1 Å². The highest BCUT2D eigenvalue weighted by molar-refractivity contribution is 7.89. The van der Waals surface area contributed by atoms with E-state index in [4.69, 9.17) is 4.74 Å². The SMILES string of the molecule is CC(C)NS(=O)(=O)c1ccc(NC(=O)[C@@H](C)N[C@@H](CN2CCOCC2)c2ccccc2)cc1. The predicted octanol–water partition coefficient (Wildman–Crippen LogP) is 2.36. The molecule has 1 amide bonds. The Bertz CT molecular complexity index is 991. The zero-order chi connectivity index (χ0) is 23.8. The first-order chi connectivity index (χ1) is 15.7. The van der Waals surface area contributed by atoms with E-state index in [-0.39, 0.29) is 22.9 Å². The largest absolute Gasteiger partial charge is 0.379 e. The number of ether oxygens (including phenoxy) is 1. The summed E-state index contributed by atoms with van der Waals surface area (Å²) in [6, 6.07) is 15.6. The molecule has 1 saturated heterocycles. The minimum atomic E-state index is -3.57. The Kier molecular flexibility index (Phi) is 8.99. The number of hydrogen-bond donors (Lipinski definition) is 3. The highest BCUT2D eigenvalue weighted by Gasteiger charge is 2.23. The summed E-state index contributed by atoms with van der Waals surface area (Å²) in [5.74, 6) is -0.186. The molecule has 0 spiro atoms. The molecule has 2 aromatic carbocycles. The molecule has 2 atom stereocenters. The second-order valence-electron chi connectivity index (χ2n) is 8.55. The van der Waals surface area contributed by atoms with Crippen LogP contribution < -0.4 is 15.4 Å². The summed E-state index contributed by atoms with van der Waals surface area (Å²) >= 11 is 0. The maximum Gasteiger partial charge on any atom is 0.241 e. The third-order valence-electron chi connectivity index (χ3n) is 5.41. The number of anilines is 1. The van der Waals surface area contributed by atoms with Crippen molar-refractivity contribution >= 4 is 21.6 Å². The monoisotopic (exact) mass is 474 g/mol. The number of benzene rings is 2. The van der Waals surface area contributed by atoms with Gasteiger partial charge in [-0.25, -0.2) is 13.1 Å². The van der Waals surface area contributed by atoms with E-state index >= 15 is 0 Å². The molecule has 2 aromatic rings. The quantitative estimate of drug-likeness (QED) is 0.489. The smallest absolute Gasteiger partial charge is 0.241 e. The number of hydrogen-bond acceptors (Lipinski definition) is 6. The van der Waals surface area contributed by atoms with E-state index in [0.29, 0.717) is 5.69 Å². The van der Waals surface area contributed by atoms with Crippen molar-refractivity contribution in [3.05, 3.63) is 60.2 Å². The van der Waals surface area contributed by atoms with Crippen LogP contribution in [0.3, 0.4) is 0 Å². The summed E-state index contributed by atoms with van der Waals surface area (Å²) in [4.78, 5) is 15.4. The molecule has 0 aliphatic carbocycles. The van der Waals surface area contributed by atoms with Gasteiger partial charge in [-0.05, 0) is 50.6 Å². The van der Waals surface area contributed by atoms with E-state index in [0.717, 1.165) is 38.4 Å². The number of carbonyl (C=O) groups excluding carboxylic acids is 1. The van der Waals surface area contributed by atoms with Gasteiger partial charge in [-0.2, -0.15) is 0 Å². The second-order valence-corrected chi connectivity index (χ2v) is 10.3. The normalized spacial score (nSPS) is 17.0. The van der Waals surface area contributed by atoms with Crippen LogP contribution in [0.1, 0.15) is 32.4 Å². The van der Waals surface area contributed by atoms with Crippen LogP contribution in [0.2, 0.25) is 0 Å². The molecule has 1 heterocycles.